The van der Waals surface area contributed by atoms with Crippen molar-refractivity contribution in [2.45, 2.75) is 24.0 Å². The molecule has 1 aromatic carbocycles. The maximum absolute atomic E-state index is 9.15. The third-order valence-electron chi connectivity index (χ3n) is 3.03. The predicted octanol–water partition coefficient (Wildman–Crippen LogP) is 1.66. The van der Waals surface area contributed by atoms with Crippen molar-refractivity contribution in [3.63, 3.8) is 0 Å². The first-order valence-corrected chi connectivity index (χ1v) is 6.56. The molecule has 1 aliphatic rings. The first-order valence-electron chi connectivity index (χ1n) is 5.57. The molecule has 88 valence electrons. The third-order valence-corrected chi connectivity index (χ3v) is 4.28. The van der Waals surface area contributed by atoms with Gasteiger partial charge in [-0.05, 0) is 11.6 Å². The van der Waals surface area contributed by atoms with Gasteiger partial charge in [0, 0.05) is 16.6 Å². The number of hydrogen-bond donors (Lipinski definition) is 1. The fourth-order valence-electron chi connectivity index (χ4n) is 2.15. The summed E-state index contributed by atoms with van der Waals surface area (Å²) in [5.41, 5.74) is 1.39. The van der Waals surface area contributed by atoms with E-state index >= 15 is 0 Å². The fourth-order valence-corrected chi connectivity index (χ4v) is 3.39. The summed E-state index contributed by atoms with van der Waals surface area (Å²) in [5.74, 6) is 2.17. The molecule has 1 aromatic heterocycles. The van der Waals surface area contributed by atoms with Crippen LogP contribution in [0.2, 0.25) is 0 Å². The predicted molar refractivity (Wildman–Crippen MR) is 65.9 cm³/mol. The molecule has 0 amide bonds. The minimum absolute atomic E-state index is 0.0541. The molecule has 2 aromatic rings. The molecule has 1 unspecified atom stereocenters. The van der Waals surface area contributed by atoms with Gasteiger partial charge in [0.25, 0.3) is 0 Å². The summed E-state index contributed by atoms with van der Waals surface area (Å²) < 4.78 is 1.80. The van der Waals surface area contributed by atoms with Crippen LogP contribution in [0.4, 0.5) is 0 Å². The van der Waals surface area contributed by atoms with Crippen molar-refractivity contribution in [3.05, 3.63) is 42.0 Å². The quantitative estimate of drug-likeness (QED) is 0.896. The summed E-state index contributed by atoms with van der Waals surface area (Å²) in [6.45, 7) is 0.738. The molecule has 1 aliphatic heterocycles. The van der Waals surface area contributed by atoms with E-state index in [0.717, 1.165) is 12.3 Å². The second kappa shape index (κ2) is 4.50. The molecular weight excluding hydrogens is 234 g/mol. The molecule has 0 radical (unpaired) electrons. The van der Waals surface area contributed by atoms with E-state index in [4.69, 9.17) is 5.11 Å². The second-order valence-corrected chi connectivity index (χ2v) is 5.12. The summed E-state index contributed by atoms with van der Waals surface area (Å²) in [7, 11) is 0. The average molecular weight is 247 g/mol. The van der Waals surface area contributed by atoms with Crippen molar-refractivity contribution in [1.82, 2.24) is 14.8 Å². The molecule has 3 rings (SSSR count). The number of rotatable bonds is 3. The lowest BCUT2D eigenvalue weighted by Gasteiger charge is -2.11. The van der Waals surface area contributed by atoms with Gasteiger partial charge < -0.3 is 5.11 Å². The number of aromatic nitrogens is 3. The zero-order valence-corrected chi connectivity index (χ0v) is 10.1. The normalized spacial score (nSPS) is 18.3. The summed E-state index contributed by atoms with van der Waals surface area (Å²) in [6, 6.07) is 8.48. The summed E-state index contributed by atoms with van der Waals surface area (Å²) in [6.07, 6.45) is 1.50. The van der Waals surface area contributed by atoms with Crippen molar-refractivity contribution in [2.24, 2.45) is 0 Å². The Morgan fingerprint density at radius 3 is 3.18 bits per heavy atom. The highest BCUT2D eigenvalue weighted by Gasteiger charge is 2.23. The molecule has 0 spiro atoms. The Morgan fingerprint density at radius 2 is 2.29 bits per heavy atom. The van der Waals surface area contributed by atoms with Gasteiger partial charge in [0.1, 0.15) is 12.9 Å². The number of benzene rings is 1. The first-order chi connectivity index (χ1) is 8.38. The monoisotopic (exact) mass is 247 g/mol. The summed E-state index contributed by atoms with van der Waals surface area (Å²) in [4.78, 5) is 5.39. The Labute approximate surface area is 104 Å². The van der Waals surface area contributed by atoms with E-state index in [1.54, 1.807) is 4.68 Å². The van der Waals surface area contributed by atoms with Gasteiger partial charge in [-0.3, -0.25) is 0 Å². The fraction of sp³-hybridized carbons (Fsp3) is 0.333. The summed E-state index contributed by atoms with van der Waals surface area (Å²) in [5, 5.41) is 13.3. The topological polar surface area (TPSA) is 50.9 Å². The lowest BCUT2D eigenvalue weighted by molar-refractivity contribution is 0.261. The van der Waals surface area contributed by atoms with Crippen molar-refractivity contribution in [2.75, 3.05) is 5.75 Å². The zero-order valence-electron chi connectivity index (χ0n) is 9.28. The Balaban J connectivity index is 1.84. The smallest absolute Gasteiger partial charge is 0.152 e. The van der Waals surface area contributed by atoms with E-state index in [0.29, 0.717) is 11.7 Å². The van der Waals surface area contributed by atoms with Crippen LogP contribution >= 0.6 is 11.8 Å². The highest BCUT2D eigenvalue weighted by Crippen LogP contribution is 2.39. The van der Waals surface area contributed by atoms with Crippen molar-refractivity contribution >= 4 is 11.8 Å². The van der Waals surface area contributed by atoms with Gasteiger partial charge in [-0.25, -0.2) is 9.67 Å². The van der Waals surface area contributed by atoms with E-state index < -0.39 is 0 Å². The minimum atomic E-state index is -0.0541. The van der Waals surface area contributed by atoms with Crippen LogP contribution in [0, 0.1) is 0 Å². The third kappa shape index (κ3) is 1.96. The van der Waals surface area contributed by atoms with Crippen LogP contribution in [0.15, 0.2) is 35.5 Å². The van der Waals surface area contributed by atoms with Gasteiger partial charge >= 0.3 is 0 Å². The maximum Gasteiger partial charge on any atom is 0.152 e. The molecule has 0 saturated heterocycles. The van der Waals surface area contributed by atoms with Gasteiger partial charge in [-0.2, -0.15) is 5.10 Å². The molecule has 1 N–H and O–H groups in total. The maximum atomic E-state index is 9.15. The molecule has 5 heteroatoms. The van der Waals surface area contributed by atoms with Gasteiger partial charge in [-0.15, -0.1) is 11.8 Å². The van der Waals surface area contributed by atoms with E-state index in [1.807, 2.05) is 11.8 Å². The number of thioether (sulfide) groups is 1. The molecule has 0 fully saturated rings. The molecule has 1 atom stereocenters. The van der Waals surface area contributed by atoms with E-state index in [-0.39, 0.29) is 6.61 Å². The highest BCUT2D eigenvalue weighted by molar-refractivity contribution is 7.99. The molecule has 17 heavy (non-hydrogen) atoms. The number of fused-ring (bicyclic) bond motifs is 1. The van der Waals surface area contributed by atoms with Crippen LogP contribution in [0.25, 0.3) is 0 Å². The van der Waals surface area contributed by atoms with Crippen LogP contribution in [0.1, 0.15) is 17.3 Å². The van der Waals surface area contributed by atoms with Crippen molar-refractivity contribution < 1.29 is 5.11 Å². The highest BCUT2D eigenvalue weighted by atomic mass is 32.2. The number of nitrogens with zero attached hydrogens (tertiary/aromatic N) is 3. The summed E-state index contributed by atoms with van der Waals surface area (Å²) >= 11 is 1.89. The van der Waals surface area contributed by atoms with Gasteiger partial charge in [0.2, 0.25) is 0 Å². The van der Waals surface area contributed by atoms with Crippen molar-refractivity contribution in [3.8, 4) is 0 Å². The molecule has 0 bridgehead atoms. The molecule has 2 heterocycles. The largest absolute Gasteiger partial charge is 0.388 e. The number of aliphatic hydroxyl groups excluding tert-OH is 1. The van der Waals surface area contributed by atoms with Crippen LogP contribution in [-0.4, -0.2) is 25.6 Å². The molecule has 0 aliphatic carbocycles. The lowest BCUT2D eigenvalue weighted by Crippen LogP contribution is -2.13. The van der Waals surface area contributed by atoms with Gasteiger partial charge in [-0.1, -0.05) is 18.2 Å². The van der Waals surface area contributed by atoms with E-state index in [2.05, 4.69) is 34.3 Å². The van der Waals surface area contributed by atoms with Gasteiger partial charge in [0.15, 0.2) is 5.82 Å². The van der Waals surface area contributed by atoms with Crippen molar-refractivity contribution in [1.29, 1.82) is 0 Å². The second-order valence-electron chi connectivity index (χ2n) is 4.06. The number of hydrogen-bond acceptors (Lipinski definition) is 4. The van der Waals surface area contributed by atoms with Gasteiger partial charge in [0.05, 0.1) is 6.54 Å². The number of aliphatic hydroxyl groups is 1. The van der Waals surface area contributed by atoms with Crippen LogP contribution < -0.4 is 0 Å². The Bertz CT molecular complexity index is 526. The Hall–Kier alpha value is -1.33. The first kappa shape index (κ1) is 10.8. The molecule has 0 saturated carbocycles. The van der Waals surface area contributed by atoms with Crippen LogP contribution in [-0.2, 0) is 13.2 Å². The van der Waals surface area contributed by atoms with E-state index in [9.17, 15) is 0 Å². The molecular formula is C12H13N3OS. The zero-order chi connectivity index (χ0) is 11.7. The molecule has 4 nitrogen and oxygen atoms in total. The standard InChI is InChI=1S/C12H13N3OS/c16-6-12-13-8-14-15(12)5-9-7-17-11-4-2-1-3-10(9)11/h1-4,8-9,16H,5-7H2. The van der Waals surface area contributed by atoms with E-state index in [1.165, 1.54) is 16.8 Å². The SMILES string of the molecule is OCc1ncnn1CC1CSc2ccccc21. The van der Waals surface area contributed by atoms with Crippen LogP contribution in [0.3, 0.4) is 0 Å². The minimum Gasteiger partial charge on any atom is -0.388 e. The Morgan fingerprint density at radius 1 is 1.41 bits per heavy atom. The average Bonchev–Trinajstić information content (AvgIpc) is 2.97. The Kier molecular flexibility index (Phi) is 2.86. The van der Waals surface area contributed by atoms with Crippen LogP contribution in [0.5, 0.6) is 0 Å². The lowest BCUT2D eigenvalue weighted by atomic mass is 10.0.